The van der Waals surface area contributed by atoms with Crippen molar-refractivity contribution in [3.05, 3.63) is 69.2 Å². The largest absolute Gasteiger partial charge is 0.324 e. The van der Waals surface area contributed by atoms with Crippen molar-refractivity contribution in [2.24, 2.45) is 5.73 Å². The van der Waals surface area contributed by atoms with E-state index >= 15 is 0 Å². The first kappa shape index (κ1) is 14.2. The Morgan fingerprint density at radius 3 is 2.42 bits per heavy atom. The minimum Gasteiger partial charge on any atom is -0.324 e. The molecule has 4 heteroatoms. The molecule has 100 valence electrons. The van der Waals surface area contributed by atoms with Crippen molar-refractivity contribution in [2.75, 3.05) is 0 Å². The first-order valence-corrected chi connectivity index (χ1v) is 6.73. The number of aryl methyl sites for hydroxylation is 1. The molecule has 2 aromatic carbocycles. The van der Waals surface area contributed by atoms with E-state index in [1.165, 1.54) is 18.2 Å². The maximum absolute atomic E-state index is 13.6. The number of halogens is 3. The van der Waals surface area contributed by atoms with Gasteiger partial charge in [0.25, 0.3) is 0 Å². The molecule has 1 atom stereocenters. The number of hydrogen-bond donors (Lipinski definition) is 1. The van der Waals surface area contributed by atoms with Crippen LogP contribution in [0.1, 0.15) is 22.7 Å². The predicted molar refractivity (Wildman–Crippen MR) is 75.9 cm³/mol. The van der Waals surface area contributed by atoms with E-state index in [2.05, 4.69) is 15.9 Å². The van der Waals surface area contributed by atoms with Crippen LogP contribution in [-0.2, 0) is 6.42 Å². The molecule has 0 aliphatic heterocycles. The lowest BCUT2D eigenvalue weighted by Gasteiger charge is -2.15. The van der Waals surface area contributed by atoms with Gasteiger partial charge in [-0.15, -0.1) is 0 Å². The highest BCUT2D eigenvalue weighted by Gasteiger charge is 2.16. The first-order chi connectivity index (χ1) is 8.99. The van der Waals surface area contributed by atoms with Crippen LogP contribution < -0.4 is 5.73 Å². The Morgan fingerprint density at radius 1 is 1.16 bits per heavy atom. The molecular formula is C15H14BrF2N. The summed E-state index contributed by atoms with van der Waals surface area (Å²) in [6.45, 7) is 1.95. The molecule has 0 saturated heterocycles. The fourth-order valence-electron chi connectivity index (χ4n) is 2.00. The fourth-order valence-corrected chi connectivity index (χ4v) is 2.55. The van der Waals surface area contributed by atoms with Gasteiger partial charge in [-0.2, -0.15) is 0 Å². The van der Waals surface area contributed by atoms with E-state index in [1.54, 1.807) is 0 Å². The molecule has 19 heavy (non-hydrogen) atoms. The van der Waals surface area contributed by atoms with Gasteiger partial charge in [0.2, 0.25) is 0 Å². The molecular weight excluding hydrogens is 312 g/mol. The number of nitrogens with two attached hydrogens (primary N) is 1. The normalized spacial score (nSPS) is 12.5. The van der Waals surface area contributed by atoms with Crippen LogP contribution in [0.4, 0.5) is 8.78 Å². The standard InChI is InChI=1S/C15H14BrF2N/c1-9-5-6-12(16)10(7-9)15(19)8-11-13(17)3-2-4-14(11)18/h2-7,15H,8,19H2,1H3. The highest BCUT2D eigenvalue weighted by Crippen LogP contribution is 2.27. The number of rotatable bonds is 3. The molecule has 1 unspecified atom stereocenters. The Hall–Kier alpha value is -1.26. The Kier molecular flexibility index (Phi) is 4.32. The van der Waals surface area contributed by atoms with Crippen molar-refractivity contribution in [3.8, 4) is 0 Å². The second-order valence-electron chi connectivity index (χ2n) is 4.54. The Bertz CT molecular complexity index is 578. The van der Waals surface area contributed by atoms with Gasteiger partial charge in [0.15, 0.2) is 0 Å². The van der Waals surface area contributed by atoms with E-state index in [1.807, 2.05) is 25.1 Å². The van der Waals surface area contributed by atoms with Gasteiger partial charge < -0.3 is 5.73 Å². The van der Waals surface area contributed by atoms with Crippen molar-refractivity contribution in [3.63, 3.8) is 0 Å². The molecule has 0 spiro atoms. The minimum atomic E-state index is -0.556. The van der Waals surface area contributed by atoms with E-state index in [9.17, 15) is 8.78 Å². The average Bonchev–Trinajstić information content (AvgIpc) is 2.37. The maximum Gasteiger partial charge on any atom is 0.129 e. The van der Waals surface area contributed by atoms with E-state index in [4.69, 9.17) is 5.73 Å². The van der Waals surface area contributed by atoms with Crippen LogP contribution >= 0.6 is 15.9 Å². The molecule has 0 aliphatic rings. The summed E-state index contributed by atoms with van der Waals surface area (Å²) in [5.74, 6) is -1.11. The summed E-state index contributed by atoms with van der Waals surface area (Å²) < 4.78 is 28.0. The second kappa shape index (κ2) is 5.80. The summed E-state index contributed by atoms with van der Waals surface area (Å²) in [6.07, 6.45) is 0.126. The minimum absolute atomic E-state index is 0.0309. The van der Waals surface area contributed by atoms with Crippen LogP contribution in [0.15, 0.2) is 40.9 Å². The fraction of sp³-hybridized carbons (Fsp3) is 0.200. The van der Waals surface area contributed by atoms with Crippen molar-refractivity contribution in [1.82, 2.24) is 0 Å². The van der Waals surface area contributed by atoms with Crippen molar-refractivity contribution in [2.45, 2.75) is 19.4 Å². The lowest BCUT2D eigenvalue weighted by Crippen LogP contribution is -2.16. The number of benzene rings is 2. The van der Waals surface area contributed by atoms with Gasteiger partial charge in [-0.1, -0.05) is 39.7 Å². The molecule has 2 aromatic rings. The predicted octanol–water partition coefficient (Wildman–Crippen LogP) is 4.28. The summed E-state index contributed by atoms with van der Waals surface area (Å²) in [6, 6.07) is 9.15. The Balaban J connectivity index is 2.31. The zero-order valence-electron chi connectivity index (χ0n) is 10.5. The lowest BCUT2D eigenvalue weighted by molar-refractivity contribution is 0.539. The van der Waals surface area contributed by atoms with Gasteiger partial charge >= 0.3 is 0 Å². The molecule has 0 radical (unpaired) electrons. The lowest BCUT2D eigenvalue weighted by atomic mass is 9.98. The van der Waals surface area contributed by atoms with Crippen molar-refractivity contribution in [1.29, 1.82) is 0 Å². The molecule has 0 aliphatic carbocycles. The van der Waals surface area contributed by atoms with Gasteiger partial charge in [-0.05, 0) is 37.1 Å². The first-order valence-electron chi connectivity index (χ1n) is 5.93. The van der Waals surface area contributed by atoms with Crippen molar-refractivity contribution >= 4 is 15.9 Å². The average molecular weight is 326 g/mol. The zero-order valence-corrected chi connectivity index (χ0v) is 12.0. The van der Waals surface area contributed by atoms with E-state index in [-0.39, 0.29) is 12.0 Å². The molecule has 1 nitrogen and oxygen atoms in total. The van der Waals surface area contributed by atoms with Crippen LogP contribution in [-0.4, -0.2) is 0 Å². The zero-order chi connectivity index (χ0) is 14.0. The van der Waals surface area contributed by atoms with Gasteiger partial charge in [0.05, 0.1) is 0 Å². The quantitative estimate of drug-likeness (QED) is 0.895. The van der Waals surface area contributed by atoms with E-state index in [0.29, 0.717) is 0 Å². The molecule has 0 aromatic heterocycles. The van der Waals surface area contributed by atoms with Crippen LogP contribution in [0, 0.1) is 18.6 Å². The van der Waals surface area contributed by atoms with Crippen LogP contribution in [0.3, 0.4) is 0 Å². The van der Waals surface area contributed by atoms with Crippen molar-refractivity contribution < 1.29 is 8.78 Å². The summed E-state index contributed by atoms with van der Waals surface area (Å²) >= 11 is 3.41. The van der Waals surface area contributed by atoms with Crippen LogP contribution in [0.2, 0.25) is 0 Å². The summed E-state index contributed by atoms with van der Waals surface area (Å²) in [4.78, 5) is 0. The molecule has 0 fully saturated rings. The molecule has 2 rings (SSSR count). The second-order valence-corrected chi connectivity index (χ2v) is 5.39. The summed E-state index contributed by atoms with van der Waals surface area (Å²) in [7, 11) is 0. The van der Waals surface area contributed by atoms with Gasteiger partial charge in [0.1, 0.15) is 11.6 Å². The van der Waals surface area contributed by atoms with Crippen LogP contribution in [0.5, 0.6) is 0 Å². The van der Waals surface area contributed by atoms with Gasteiger partial charge in [-0.25, -0.2) is 8.78 Å². The summed E-state index contributed by atoms with van der Waals surface area (Å²) in [5, 5.41) is 0. The van der Waals surface area contributed by atoms with Gasteiger partial charge in [0, 0.05) is 16.1 Å². The third-order valence-electron chi connectivity index (χ3n) is 3.04. The molecule has 0 heterocycles. The summed E-state index contributed by atoms with van der Waals surface area (Å²) in [5.41, 5.74) is 8.01. The molecule has 2 N–H and O–H groups in total. The van der Waals surface area contributed by atoms with E-state index in [0.717, 1.165) is 15.6 Å². The highest BCUT2D eigenvalue weighted by atomic mass is 79.9. The third-order valence-corrected chi connectivity index (χ3v) is 3.76. The van der Waals surface area contributed by atoms with Crippen LogP contribution in [0.25, 0.3) is 0 Å². The topological polar surface area (TPSA) is 26.0 Å². The highest BCUT2D eigenvalue weighted by molar-refractivity contribution is 9.10. The third kappa shape index (κ3) is 3.19. The monoisotopic (exact) mass is 325 g/mol. The smallest absolute Gasteiger partial charge is 0.129 e. The number of hydrogen-bond acceptors (Lipinski definition) is 1. The molecule has 0 bridgehead atoms. The van der Waals surface area contributed by atoms with E-state index < -0.39 is 17.7 Å². The maximum atomic E-state index is 13.6. The SMILES string of the molecule is Cc1ccc(Br)c(C(N)Cc2c(F)cccc2F)c1. The Morgan fingerprint density at radius 2 is 1.79 bits per heavy atom. The van der Waals surface area contributed by atoms with Gasteiger partial charge in [-0.3, -0.25) is 0 Å². The molecule has 0 amide bonds. The molecule has 0 saturated carbocycles. The Labute approximate surface area is 119 Å².